The van der Waals surface area contributed by atoms with E-state index in [1.165, 1.54) is 21.3 Å². The summed E-state index contributed by atoms with van der Waals surface area (Å²) in [5.74, 6) is -1.00. The first-order valence-corrected chi connectivity index (χ1v) is 4.79. The van der Waals surface area contributed by atoms with Crippen LogP contribution in [0.5, 0.6) is 0 Å². The number of ketones is 1. The number of hydrogen-bond acceptors (Lipinski definition) is 4. The van der Waals surface area contributed by atoms with Crippen LogP contribution in [-0.2, 0) is 19.0 Å². The van der Waals surface area contributed by atoms with Crippen LogP contribution in [-0.4, -0.2) is 32.9 Å². The lowest BCUT2D eigenvalue weighted by Crippen LogP contribution is -2.57. The summed E-state index contributed by atoms with van der Waals surface area (Å²) in [5, 5.41) is 0. The number of carbonyl (C=O) groups is 1. The number of ether oxygens (including phenoxy) is 3. The topological polar surface area (TPSA) is 44.8 Å². The fraction of sp³-hybridized carbons (Fsp3) is 0.727. The Morgan fingerprint density at radius 2 is 1.53 bits per heavy atom. The van der Waals surface area contributed by atoms with Gasteiger partial charge in [0.25, 0.3) is 5.79 Å². The summed E-state index contributed by atoms with van der Waals surface area (Å²) in [6.45, 7) is 5.86. The van der Waals surface area contributed by atoms with E-state index in [4.69, 9.17) is 14.2 Å². The molecule has 0 fully saturated rings. The zero-order chi connectivity index (χ0) is 11.9. The van der Waals surface area contributed by atoms with Gasteiger partial charge in [-0.1, -0.05) is 20.8 Å². The molecule has 0 N–H and O–H groups in total. The number of rotatable bonds is 3. The van der Waals surface area contributed by atoms with Crippen molar-refractivity contribution in [1.82, 2.24) is 0 Å². The van der Waals surface area contributed by atoms with E-state index in [2.05, 4.69) is 0 Å². The van der Waals surface area contributed by atoms with E-state index in [1.54, 1.807) is 0 Å². The Labute approximate surface area is 90.2 Å². The molecule has 0 aromatic heterocycles. The molecule has 15 heavy (non-hydrogen) atoms. The molecule has 0 aliphatic heterocycles. The van der Waals surface area contributed by atoms with E-state index in [1.807, 2.05) is 20.8 Å². The summed E-state index contributed by atoms with van der Waals surface area (Å²) in [6, 6.07) is 0. The highest BCUT2D eigenvalue weighted by Gasteiger charge is 2.60. The molecule has 0 aromatic carbocycles. The molecule has 0 atom stereocenters. The molecular weight excluding hydrogens is 196 g/mol. The third kappa shape index (κ3) is 1.48. The van der Waals surface area contributed by atoms with Crippen molar-refractivity contribution in [2.45, 2.75) is 26.6 Å². The Kier molecular flexibility index (Phi) is 2.94. The number of hydrogen-bond donors (Lipinski definition) is 0. The third-order valence-corrected chi connectivity index (χ3v) is 2.58. The Hall–Kier alpha value is -0.870. The predicted molar refractivity (Wildman–Crippen MR) is 55.2 cm³/mol. The fourth-order valence-corrected chi connectivity index (χ4v) is 1.84. The maximum absolute atomic E-state index is 12.0. The van der Waals surface area contributed by atoms with Gasteiger partial charge in [0.2, 0.25) is 5.78 Å². The van der Waals surface area contributed by atoms with E-state index in [0.29, 0.717) is 11.3 Å². The first kappa shape index (κ1) is 12.2. The quantitative estimate of drug-likeness (QED) is 0.668. The normalized spacial score (nSPS) is 20.3. The zero-order valence-corrected chi connectivity index (χ0v) is 10.1. The average Bonchev–Trinajstić information content (AvgIpc) is 2.13. The molecule has 0 unspecified atom stereocenters. The van der Waals surface area contributed by atoms with Crippen LogP contribution in [0.15, 0.2) is 11.3 Å². The summed E-state index contributed by atoms with van der Waals surface area (Å²) in [5.41, 5.74) is 0.372. The summed E-state index contributed by atoms with van der Waals surface area (Å²) in [6.07, 6.45) is 0. The smallest absolute Gasteiger partial charge is 0.293 e. The number of Topliss-reactive ketones (excluding diaryl/α,β-unsaturated/α-hetero) is 1. The molecule has 86 valence electrons. The number of methoxy groups -OCH3 is 3. The fourth-order valence-electron chi connectivity index (χ4n) is 1.84. The lowest BCUT2D eigenvalue weighted by Gasteiger charge is -2.43. The van der Waals surface area contributed by atoms with E-state index in [0.717, 1.165) is 0 Å². The molecule has 4 nitrogen and oxygen atoms in total. The first-order valence-electron chi connectivity index (χ1n) is 4.79. The van der Waals surface area contributed by atoms with Crippen LogP contribution in [0.2, 0.25) is 0 Å². The molecule has 0 aromatic rings. The van der Waals surface area contributed by atoms with E-state index >= 15 is 0 Å². The lowest BCUT2D eigenvalue weighted by molar-refractivity contribution is -0.213. The number of carbonyl (C=O) groups excluding carboxylic acids is 1. The molecule has 0 radical (unpaired) electrons. The van der Waals surface area contributed by atoms with Crippen LogP contribution in [0, 0.1) is 5.41 Å². The van der Waals surface area contributed by atoms with E-state index < -0.39 is 5.79 Å². The van der Waals surface area contributed by atoms with Crippen LogP contribution in [0.1, 0.15) is 20.8 Å². The third-order valence-electron chi connectivity index (χ3n) is 2.58. The average molecular weight is 214 g/mol. The van der Waals surface area contributed by atoms with Crippen molar-refractivity contribution in [1.29, 1.82) is 0 Å². The molecule has 0 saturated carbocycles. The molecule has 0 saturated heterocycles. The molecular formula is C11H18O4. The molecule has 1 aliphatic rings. The first-order chi connectivity index (χ1) is 6.85. The largest absolute Gasteiger partial charge is 0.494 e. The highest BCUT2D eigenvalue weighted by Crippen LogP contribution is 2.46. The highest BCUT2D eigenvalue weighted by molar-refractivity contribution is 6.11. The maximum Gasteiger partial charge on any atom is 0.293 e. The van der Waals surface area contributed by atoms with Crippen molar-refractivity contribution >= 4 is 5.78 Å². The van der Waals surface area contributed by atoms with Gasteiger partial charge in [0, 0.05) is 14.2 Å². The van der Waals surface area contributed by atoms with Gasteiger partial charge in [-0.2, -0.15) is 0 Å². The van der Waals surface area contributed by atoms with Crippen molar-refractivity contribution < 1.29 is 19.0 Å². The molecule has 0 amide bonds. The highest BCUT2D eigenvalue weighted by atomic mass is 16.7. The Balaban J connectivity index is 3.24. The van der Waals surface area contributed by atoms with Gasteiger partial charge in [-0.3, -0.25) is 4.79 Å². The summed E-state index contributed by atoms with van der Waals surface area (Å²) < 4.78 is 15.4. The monoisotopic (exact) mass is 214 g/mol. The van der Waals surface area contributed by atoms with Crippen LogP contribution >= 0.6 is 0 Å². The second-order valence-corrected chi connectivity index (χ2v) is 4.51. The van der Waals surface area contributed by atoms with E-state index in [9.17, 15) is 4.79 Å². The van der Waals surface area contributed by atoms with Crippen LogP contribution in [0.25, 0.3) is 0 Å². The minimum Gasteiger partial charge on any atom is -0.494 e. The van der Waals surface area contributed by atoms with E-state index in [-0.39, 0.29) is 11.2 Å². The minimum atomic E-state index is -1.32. The predicted octanol–water partition coefficient (Wildman–Crippen LogP) is 1.50. The molecule has 0 spiro atoms. The summed E-state index contributed by atoms with van der Waals surface area (Å²) in [4.78, 5) is 12.0. The molecule has 1 rings (SSSR count). The van der Waals surface area contributed by atoms with Gasteiger partial charge in [-0.05, 0) is 5.41 Å². The summed E-state index contributed by atoms with van der Waals surface area (Å²) >= 11 is 0. The molecule has 0 bridgehead atoms. The van der Waals surface area contributed by atoms with Crippen molar-refractivity contribution in [2.75, 3.05) is 21.3 Å². The molecule has 1 aliphatic carbocycles. The standard InChI is InChI=1S/C11H18O4/c1-10(2,3)7-8(12)11(14-5,15-6)9(7)13-4/h1-6H3. The van der Waals surface area contributed by atoms with Crippen molar-refractivity contribution in [3.05, 3.63) is 11.3 Å². The molecule has 0 heterocycles. The van der Waals surface area contributed by atoms with Gasteiger partial charge in [0.15, 0.2) is 5.76 Å². The zero-order valence-electron chi connectivity index (χ0n) is 10.1. The minimum absolute atomic E-state index is 0.156. The van der Waals surface area contributed by atoms with Gasteiger partial charge in [-0.15, -0.1) is 0 Å². The summed E-state index contributed by atoms with van der Waals surface area (Å²) in [7, 11) is 4.38. The van der Waals surface area contributed by atoms with Gasteiger partial charge < -0.3 is 14.2 Å². The van der Waals surface area contributed by atoms with Gasteiger partial charge in [0.05, 0.1) is 12.7 Å². The van der Waals surface area contributed by atoms with Crippen LogP contribution in [0.4, 0.5) is 0 Å². The molecule has 4 heteroatoms. The Bertz CT molecular complexity index is 305. The van der Waals surface area contributed by atoms with Crippen LogP contribution in [0.3, 0.4) is 0 Å². The van der Waals surface area contributed by atoms with Crippen molar-refractivity contribution in [2.24, 2.45) is 5.41 Å². The van der Waals surface area contributed by atoms with Gasteiger partial charge in [0.1, 0.15) is 0 Å². The van der Waals surface area contributed by atoms with Crippen LogP contribution < -0.4 is 0 Å². The second kappa shape index (κ2) is 3.61. The van der Waals surface area contributed by atoms with Crippen molar-refractivity contribution in [3.8, 4) is 0 Å². The van der Waals surface area contributed by atoms with Gasteiger partial charge in [-0.25, -0.2) is 0 Å². The Morgan fingerprint density at radius 3 is 1.80 bits per heavy atom. The second-order valence-electron chi connectivity index (χ2n) is 4.51. The lowest BCUT2D eigenvalue weighted by atomic mass is 9.72. The van der Waals surface area contributed by atoms with Crippen molar-refractivity contribution in [3.63, 3.8) is 0 Å². The van der Waals surface area contributed by atoms with Gasteiger partial charge >= 0.3 is 0 Å². The maximum atomic E-state index is 12.0. The SMILES string of the molecule is COC1=C(C(C)(C)C)C(=O)C1(OC)OC. The Morgan fingerprint density at radius 1 is 1.07 bits per heavy atom.